The number of rotatable bonds is 54. The quantitative estimate of drug-likeness (QED) is 0.0261. The Labute approximate surface area is 445 Å². The van der Waals surface area contributed by atoms with Gasteiger partial charge in [0.2, 0.25) is 0 Å². The molecule has 0 radical (unpaired) electrons. The fourth-order valence-electron chi connectivity index (χ4n) is 8.30. The van der Waals surface area contributed by atoms with Crippen LogP contribution in [0, 0.1) is 0 Å². The average molecular weight is 1000 g/mol. The van der Waals surface area contributed by atoms with Gasteiger partial charge in [0.15, 0.2) is 6.10 Å². The van der Waals surface area contributed by atoms with Gasteiger partial charge in [-0.05, 0) is 103 Å². The maximum Gasteiger partial charge on any atom is 0.306 e. The molecule has 0 heterocycles. The summed E-state index contributed by atoms with van der Waals surface area (Å²) < 4.78 is 16.8. The summed E-state index contributed by atoms with van der Waals surface area (Å²) in [7, 11) is 0. The van der Waals surface area contributed by atoms with Crippen LogP contribution in [0.15, 0.2) is 97.2 Å². The summed E-state index contributed by atoms with van der Waals surface area (Å²) in [5.74, 6) is -0.904. The number of carbonyl (C=O) groups excluding carboxylic acids is 3. The molecule has 0 aromatic heterocycles. The van der Waals surface area contributed by atoms with Crippen LogP contribution in [0.4, 0.5) is 0 Å². The Kier molecular flexibility index (Phi) is 56.8. The Balaban J connectivity index is 4.15. The van der Waals surface area contributed by atoms with Crippen molar-refractivity contribution in [1.29, 1.82) is 0 Å². The van der Waals surface area contributed by atoms with E-state index < -0.39 is 6.10 Å². The first kappa shape index (κ1) is 68.3. The minimum atomic E-state index is -0.783. The third kappa shape index (κ3) is 57.2. The van der Waals surface area contributed by atoms with Crippen LogP contribution in [0.1, 0.15) is 284 Å². The molecule has 0 saturated carbocycles. The molecular formula is C66H112O6. The number of unbranched alkanes of at least 4 members (excludes halogenated alkanes) is 27. The molecule has 0 saturated heterocycles. The molecule has 1 unspecified atom stereocenters. The van der Waals surface area contributed by atoms with Crippen LogP contribution in [-0.4, -0.2) is 37.2 Å². The minimum absolute atomic E-state index is 0.0832. The van der Waals surface area contributed by atoms with Crippen LogP contribution in [-0.2, 0) is 28.6 Å². The van der Waals surface area contributed by atoms with Crippen LogP contribution < -0.4 is 0 Å². The lowest BCUT2D eigenvalue weighted by molar-refractivity contribution is -0.167. The maximum atomic E-state index is 12.8. The van der Waals surface area contributed by atoms with Gasteiger partial charge in [-0.25, -0.2) is 0 Å². The van der Waals surface area contributed by atoms with Crippen LogP contribution in [0.3, 0.4) is 0 Å². The van der Waals surface area contributed by atoms with Gasteiger partial charge in [-0.1, -0.05) is 259 Å². The Morgan fingerprint density at radius 1 is 0.292 bits per heavy atom. The molecule has 0 amide bonds. The lowest BCUT2D eigenvalue weighted by Gasteiger charge is -2.18. The van der Waals surface area contributed by atoms with E-state index in [4.69, 9.17) is 14.2 Å². The SMILES string of the molecule is CC/C=C\C/C=C\C/C=C\C/C=C\C/C=C\CCCCCCCCCCCCCC(=O)OCC(COC(=O)CCCCCCCC)OC(=O)CCCCCCCC/C=C\C/C=C\C/C=C\CCCCCCC. The third-order valence-electron chi connectivity index (χ3n) is 12.8. The van der Waals surface area contributed by atoms with Gasteiger partial charge in [0.1, 0.15) is 13.2 Å². The highest BCUT2D eigenvalue weighted by atomic mass is 16.6. The number of ether oxygens (including phenoxy) is 3. The van der Waals surface area contributed by atoms with Gasteiger partial charge >= 0.3 is 17.9 Å². The van der Waals surface area contributed by atoms with Crippen molar-refractivity contribution < 1.29 is 28.6 Å². The molecular weight excluding hydrogens is 889 g/mol. The lowest BCUT2D eigenvalue weighted by atomic mass is 10.0. The summed E-state index contributed by atoms with van der Waals surface area (Å²) in [6, 6.07) is 0. The summed E-state index contributed by atoms with van der Waals surface area (Å²) in [4.78, 5) is 38.0. The Morgan fingerprint density at radius 2 is 0.542 bits per heavy atom. The van der Waals surface area contributed by atoms with Gasteiger partial charge in [0.25, 0.3) is 0 Å². The molecule has 0 aliphatic heterocycles. The molecule has 0 aromatic rings. The van der Waals surface area contributed by atoms with Crippen molar-refractivity contribution in [2.45, 2.75) is 290 Å². The third-order valence-corrected chi connectivity index (χ3v) is 12.8. The molecule has 72 heavy (non-hydrogen) atoms. The Hall–Kier alpha value is -3.67. The molecule has 0 aliphatic rings. The van der Waals surface area contributed by atoms with Crippen LogP contribution in [0.5, 0.6) is 0 Å². The molecule has 6 heteroatoms. The molecule has 0 aromatic carbocycles. The first-order chi connectivity index (χ1) is 35.5. The van der Waals surface area contributed by atoms with E-state index >= 15 is 0 Å². The molecule has 0 aliphatic carbocycles. The molecule has 0 spiro atoms. The zero-order chi connectivity index (χ0) is 52.2. The molecule has 0 N–H and O–H groups in total. The van der Waals surface area contributed by atoms with E-state index in [-0.39, 0.29) is 31.1 Å². The second kappa shape index (κ2) is 59.9. The highest BCUT2D eigenvalue weighted by Gasteiger charge is 2.19. The molecule has 6 nitrogen and oxygen atoms in total. The van der Waals surface area contributed by atoms with Gasteiger partial charge in [-0.3, -0.25) is 14.4 Å². The maximum absolute atomic E-state index is 12.8. The highest BCUT2D eigenvalue weighted by molar-refractivity contribution is 5.71. The fraction of sp³-hybridized carbons (Fsp3) is 0.712. The summed E-state index contributed by atoms with van der Waals surface area (Å²) in [5.41, 5.74) is 0. The van der Waals surface area contributed by atoms with Crippen LogP contribution in [0.25, 0.3) is 0 Å². The number of esters is 3. The van der Waals surface area contributed by atoms with Crippen molar-refractivity contribution in [3.63, 3.8) is 0 Å². The molecule has 0 rings (SSSR count). The van der Waals surface area contributed by atoms with E-state index in [9.17, 15) is 14.4 Å². The molecule has 0 fully saturated rings. The van der Waals surface area contributed by atoms with Crippen LogP contribution in [0.2, 0.25) is 0 Å². The second-order valence-electron chi connectivity index (χ2n) is 19.9. The van der Waals surface area contributed by atoms with Crippen molar-refractivity contribution >= 4 is 17.9 Å². The van der Waals surface area contributed by atoms with Crippen molar-refractivity contribution in [2.24, 2.45) is 0 Å². The monoisotopic (exact) mass is 1000 g/mol. The normalized spacial score (nSPS) is 12.8. The first-order valence-electron chi connectivity index (χ1n) is 30.2. The van der Waals surface area contributed by atoms with Gasteiger partial charge in [0.05, 0.1) is 0 Å². The highest BCUT2D eigenvalue weighted by Crippen LogP contribution is 2.15. The topological polar surface area (TPSA) is 78.9 Å². The van der Waals surface area contributed by atoms with Crippen molar-refractivity contribution in [2.75, 3.05) is 13.2 Å². The average Bonchev–Trinajstić information content (AvgIpc) is 3.38. The number of carbonyl (C=O) groups is 3. The smallest absolute Gasteiger partial charge is 0.306 e. The largest absolute Gasteiger partial charge is 0.462 e. The number of hydrogen-bond donors (Lipinski definition) is 0. The molecule has 0 bridgehead atoms. The lowest BCUT2D eigenvalue weighted by Crippen LogP contribution is -2.30. The van der Waals surface area contributed by atoms with E-state index in [0.29, 0.717) is 19.3 Å². The summed E-state index contributed by atoms with van der Waals surface area (Å²) in [6.45, 7) is 6.45. The predicted molar refractivity (Wildman–Crippen MR) is 311 cm³/mol. The van der Waals surface area contributed by atoms with Gasteiger partial charge in [-0.15, -0.1) is 0 Å². The van der Waals surface area contributed by atoms with E-state index in [1.54, 1.807) is 0 Å². The van der Waals surface area contributed by atoms with Gasteiger partial charge < -0.3 is 14.2 Å². The fourth-order valence-corrected chi connectivity index (χ4v) is 8.30. The first-order valence-corrected chi connectivity index (χ1v) is 30.2. The molecule has 412 valence electrons. The summed E-state index contributed by atoms with van der Waals surface area (Å²) in [6.07, 6.45) is 80.1. The minimum Gasteiger partial charge on any atom is -0.462 e. The standard InChI is InChI=1S/C66H112O6/c1-4-7-10-13-16-18-20-22-24-26-28-30-31-32-33-34-35-37-38-40-42-44-46-48-50-53-56-59-65(68)71-62-63(61-70-64(67)58-55-52-15-12-9-6-3)72-66(69)60-57-54-51-49-47-45-43-41-39-36-29-27-25-23-21-19-17-14-11-8-5-2/h7,10,16,18,21-24,27-30,32-33,39,41,63H,4-6,8-9,11-15,17,19-20,25-26,31,34-38,40,42-62H2,1-3H3/b10-7-,18-16-,23-21-,24-22-,29-27-,30-28-,33-32-,41-39-. The van der Waals surface area contributed by atoms with Gasteiger partial charge in [-0.2, -0.15) is 0 Å². The second-order valence-corrected chi connectivity index (χ2v) is 19.9. The molecule has 1 atom stereocenters. The Bertz CT molecular complexity index is 1430. The van der Waals surface area contributed by atoms with E-state index in [2.05, 4.69) is 118 Å². The predicted octanol–water partition coefficient (Wildman–Crippen LogP) is 20.5. The van der Waals surface area contributed by atoms with Crippen molar-refractivity contribution in [3.8, 4) is 0 Å². The van der Waals surface area contributed by atoms with E-state index in [0.717, 1.165) is 116 Å². The van der Waals surface area contributed by atoms with E-state index in [1.165, 1.54) is 128 Å². The summed E-state index contributed by atoms with van der Waals surface area (Å²) in [5, 5.41) is 0. The van der Waals surface area contributed by atoms with Gasteiger partial charge in [0, 0.05) is 19.3 Å². The Morgan fingerprint density at radius 3 is 0.847 bits per heavy atom. The van der Waals surface area contributed by atoms with Crippen molar-refractivity contribution in [3.05, 3.63) is 97.2 Å². The van der Waals surface area contributed by atoms with Crippen molar-refractivity contribution in [1.82, 2.24) is 0 Å². The van der Waals surface area contributed by atoms with Crippen LogP contribution >= 0.6 is 0 Å². The number of allylic oxidation sites excluding steroid dienone is 16. The summed E-state index contributed by atoms with van der Waals surface area (Å²) >= 11 is 0. The number of hydrogen-bond acceptors (Lipinski definition) is 6. The zero-order valence-electron chi connectivity index (χ0n) is 47.2. The van der Waals surface area contributed by atoms with E-state index in [1.807, 2.05) is 0 Å². The zero-order valence-corrected chi connectivity index (χ0v) is 47.2.